The molecule has 198 valence electrons. The van der Waals surface area contributed by atoms with Gasteiger partial charge in [-0.05, 0) is 41.8 Å². The number of rotatable bonds is 9. The van der Waals surface area contributed by atoms with Gasteiger partial charge in [0.25, 0.3) is 10.1 Å². The molecule has 3 aromatic carbocycles. The van der Waals surface area contributed by atoms with Crippen LogP contribution in [-0.2, 0) is 39.3 Å². The Morgan fingerprint density at radius 1 is 0.949 bits per heavy atom. The number of hydrogen-bond acceptors (Lipinski definition) is 11. The monoisotopic (exact) mass is 619 g/mol. The van der Waals surface area contributed by atoms with Gasteiger partial charge in [-0.25, -0.2) is 12.6 Å². The molecule has 0 bridgehead atoms. The quantitative estimate of drug-likeness (QED) is 0.106. The fourth-order valence-corrected chi connectivity index (χ4v) is 5.31. The molecule has 19 heteroatoms. The maximum Gasteiger partial charge on any atom is 1.00 e. The second-order valence-electron chi connectivity index (χ2n) is 7.43. The minimum Gasteiger partial charge on any atom is -0.505 e. The molecule has 39 heavy (non-hydrogen) atoms. The molecular formula is C20H19N3Na2O11S3+2. The van der Waals surface area contributed by atoms with E-state index in [0.717, 1.165) is 12.1 Å². The van der Waals surface area contributed by atoms with E-state index >= 15 is 0 Å². The van der Waals surface area contributed by atoms with Gasteiger partial charge in [-0.1, -0.05) is 12.1 Å². The summed E-state index contributed by atoms with van der Waals surface area (Å²) in [7, 11) is -13.8. The number of hydrogen-bond donors (Lipinski definition) is 4. The van der Waals surface area contributed by atoms with E-state index in [9.17, 15) is 39.7 Å². The van der Waals surface area contributed by atoms with Crippen molar-refractivity contribution in [3.05, 3.63) is 48.5 Å². The van der Waals surface area contributed by atoms with Crippen molar-refractivity contribution in [1.29, 1.82) is 0 Å². The molecule has 0 fully saturated rings. The Labute approximate surface area is 268 Å². The predicted octanol–water partition coefficient (Wildman–Crippen LogP) is -3.23. The van der Waals surface area contributed by atoms with Gasteiger partial charge in [-0.15, -0.1) is 5.11 Å². The predicted molar refractivity (Wildman–Crippen MR) is 130 cm³/mol. The molecule has 4 N–H and O–H groups in total. The van der Waals surface area contributed by atoms with Crippen molar-refractivity contribution in [2.75, 3.05) is 17.7 Å². The minimum absolute atomic E-state index is 0. The number of phenolic OH excluding ortho intramolecular Hbond substituents is 1. The van der Waals surface area contributed by atoms with Crippen molar-refractivity contribution in [2.24, 2.45) is 10.2 Å². The first kappa shape index (κ1) is 35.5. The van der Waals surface area contributed by atoms with E-state index in [1.165, 1.54) is 43.3 Å². The summed E-state index contributed by atoms with van der Waals surface area (Å²) in [5.41, 5.74) is -0.469. The summed E-state index contributed by atoms with van der Waals surface area (Å²) in [5, 5.41) is 21.0. The zero-order chi connectivity index (χ0) is 27.6. The van der Waals surface area contributed by atoms with Crippen LogP contribution in [-0.4, -0.2) is 57.7 Å². The van der Waals surface area contributed by atoms with Gasteiger partial charge < -0.3 is 10.4 Å². The molecule has 0 aromatic heterocycles. The van der Waals surface area contributed by atoms with E-state index < -0.39 is 65.0 Å². The van der Waals surface area contributed by atoms with Gasteiger partial charge in [0.15, 0.2) is 15.6 Å². The molecule has 1 amide bonds. The largest absolute Gasteiger partial charge is 1.00 e. The summed E-state index contributed by atoms with van der Waals surface area (Å²) in [5.74, 6) is -1.89. The van der Waals surface area contributed by atoms with Gasteiger partial charge in [-0.2, -0.15) is 21.9 Å². The fraction of sp³-hybridized carbons (Fsp3) is 0.150. The Balaban J connectivity index is 0.00000380. The molecule has 0 radical (unpaired) electrons. The molecule has 0 aliphatic rings. The Morgan fingerprint density at radius 2 is 1.62 bits per heavy atom. The molecule has 3 rings (SSSR count). The summed E-state index contributed by atoms with van der Waals surface area (Å²) < 4.78 is 92.3. The van der Waals surface area contributed by atoms with Crippen molar-refractivity contribution >= 4 is 64.1 Å². The maximum atomic E-state index is 12.4. The third-order valence-electron chi connectivity index (χ3n) is 4.68. The number of fused-ring (bicyclic) bond motifs is 1. The van der Waals surface area contributed by atoms with Crippen LogP contribution in [0.15, 0.2) is 68.6 Å². The number of aromatic hydroxyl groups is 1. The molecule has 0 spiro atoms. The number of azo groups is 1. The van der Waals surface area contributed by atoms with E-state index in [1.54, 1.807) is 0 Å². The first-order valence-corrected chi connectivity index (χ1v) is 14.4. The third kappa shape index (κ3) is 9.83. The number of nitrogens with zero attached hydrogens (tertiary/aromatic N) is 2. The van der Waals surface area contributed by atoms with Gasteiger partial charge in [0.2, 0.25) is 5.91 Å². The number of sulfone groups is 1. The van der Waals surface area contributed by atoms with Crippen LogP contribution in [0.5, 0.6) is 5.75 Å². The average molecular weight is 620 g/mol. The molecule has 0 atom stereocenters. The molecule has 0 unspecified atom stereocenters. The smallest absolute Gasteiger partial charge is 0.505 e. The molecule has 0 aliphatic carbocycles. The normalized spacial score (nSPS) is 12.1. The van der Waals surface area contributed by atoms with Crippen molar-refractivity contribution in [3.63, 3.8) is 0 Å². The van der Waals surface area contributed by atoms with Crippen LogP contribution in [0.25, 0.3) is 10.8 Å². The SMILES string of the molecule is CC(=O)Nc1ccc2cc(S(=O)(=O)O)c(N=Nc3cccc(S(=O)(=O)CCOS(=O)(=O)O)c3)c(O)c2c1.[Na+].[Na+]. The van der Waals surface area contributed by atoms with Crippen molar-refractivity contribution in [3.8, 4) is 5.75 Å². The molecule has 14 nitrogen and oxygen atoms in total. The van der Waals surface area contributed by atoms with E-state index in [-0.39, 0.29) is 86.2 Å². The summed E-state index contributed by atoms with van der Waals surface area (Å²) in [6, 6.07) is 10.0. The van der Waals surface area contributed by atoms with E-state index in [2.05, 4.69) is 19.7 Å². The van der Waals surface area contributed by atoms with Crippen molar-refractivity contribution in [1.82, 2.24) is 0 Å². The van der Waals surface area contributed by atoms with Crippen LogP contribution >= 0.6 is 0 Å². The van der Waals surface area contributed by atoms with Crippen LogP contribution in [0.1, 0.15) is 6.92 Å². The number of nitrogens with one attached hydrogen (secondary N) is 1. The van der Waals surface area contributed by atoms with Crippen molar-refractivity contribution < 1.29 is 108 Å². The fourth-order valence-electron chi connectivity index (χ4n) is 3.13. The van der Waals surface area contributed by atoms with Gasteiger partial charge in [0.1, 0.15) is 10.6 Å². The van der Waals surface area contributed by atoms with Crippen LogP contribution in [0, 0.1) is 0 Å². The van der Waals surface area contributed by atoms with Crippen molar-refractivity contribution in [2.45, 2.75) is 16.7 Å². The topological polar surface area (TPSA) is 226 Å². The summed E-state index contributed by atoms with van der Waals surface area (Å²) in [4.78, 5) is 10.2. The summed E-state index contributed by atoms with van der Waals surface area (Å²) in [6.45, 7) is 0.414. The maximum absolute atomic E-state index is 12.4. The second-order valence-corrected chi connectivity index (χ2v) is 12.0. The molecule has 3 aromatic rings. The Morgan fingerprint density at radius 3 is 2.21 bits per heavy atom. The Kier molecular flexibility index (Phi) is 12.7. The summed E-state index contributed by atoms with van der Waals surface area (Å²) in [6.07, 6.45) is 0. The molecular weight excluding hydrogens is 600 g/mol. The number of amides is 1. The minimum atomic E-state index is -4.90. The van der Waals surface area contributed by atoms with E-state index in [1.807, 2.05) is 0 Å². The molecule has 0 aliphatic heterocycles. The van der Waals surface area contributed by atoms with Gasteiger partial charge in [0, 0.05) is 18.0 Å². The van der Waals surface area contributed by atoms with Gasteiger partial charge in [0.05, 0.1) is 22.9 Å². The van der Waals surface area contributed by atoms with E-state index in [4.69, 9.17) is 4.55 Å². The number of carbonyl (C=O) groups excluding carboxylic acids is 1. The molecule has 0 heterocycles. The van der Waals surface area contributed by atoms with E-state index in [0.29, 0.717) is 0 Å². The number of benzene rings is 3. The number of carbonyl (C=O) groups is 1. The Hall–Kier alpha value is -1.48. The van der Waals surface area contributed by atoms with Crippen LogP contribution < -0.4 is 64.4 Å². The average Bonchev–Trinajstić information content (AvgIpc) is 2.77. The van der Waals surface area contributed by atoms with Crippen LogP contribution in [0.2, 0.25) is 0 Å². The zero-order valence-electron chi connectivity index (χ0n) is 20.8. The number of anilines is 1. The third-order valence-corrected chi connectivity index (χ3v) is 7.69. The Bertz CT molecular complexity index is 1750. The molecule has 0 saturated carbocycles. The first-order chi connectivity index (χ1) is 17.1. The number of phenols is 1. The second kappa shape index (κ2) is 13.9. The first-order valence-electron chi connectivity index (χ1n) is 9.98. The zero-order valence-corrected chi connectivity index (χ0v) is 27.2. The van der Waals surface area contributed by atoms with Crippen LogP contribution in [0.4, 0.5) is 17.1 Å². The molecule has 0 saturated heterocycles. The van der Waals surface area contributed by atoms with Crippen LogP contribution in [0.3, 0.4) is 0 Å². The van der Waals surface area contributed by atoms with Gasteiger partial charge >= 0.3 is 69.5 Å². The summed E-state index contributed by atoms with van der Waals surface area (Å²) >= 11 is 0. The standard InChI is InChI=1S/C20H19N3O11S3.2Na/c1-12(24)21-14-6-5-13-9-18(36(28,29)30)19(20(25)17(13)11-14)23-22-15-3-2-4-16(10-15)35(26,27)8-7-34-37(31,32)33;;/h2-6,9-11,25H,7-8H2,1H3,(H,21,24)(H,28,29,30)(H,31,32,33);;/q;2*+1. The van der Waals surface area contributed by atoms with Gasteiger partial charge in [-0.3, -0.25) is 13.9 Å².